The Morgan fingerprint density at radius 2 is 2.00 bits per heavy atom. The first-order chi connectivity index (χ1) is 11.0. The maximum absolute atomic E-state index is 11.8. The van der Waals surface area contributed by atoms with Crippen LogP contribution in [0.25, 0.3) is 0 Å². The highest BCUT2D eigenvalue weighted by Crippen LogP contribution is 2.18. The van der Waals surface area contributed by atoms with Crippen molar-refractivity contribution in [3.63, 3.8) is 0 Å². The van der Waals surface area contributed by atoms with E-state index in [9.17, 15) is 9.90 Å². The van der Waals surface area contributed by atoms with Gasteiger partial charge < -0.3 is 15.2 Å². The summed E-state index contributed by atoms with van der Waals surface area (Å²) < 4.78 is 5.44. The minimum atomic E-state index is -0.563. The average Bonchev–Trinajstić information content (AvgIpc) is 2.55. The van der Waals surface area contributed by atoms with Crippen LogP contribution in [0.5, 0.6) is 5.75 Å². The molecule has 0 aliphatic rings. The normalized spacial score (nSPS) is 11.8. The van der Waals surface area contributed by atoms with Crippen molar-refractivity contribution >= 4 is 17.5 Å². The number of amides is 1. The Hall–Kier alpha value is -2.04. The third-order valence-electron chi connectivity index (χ3n) is 3.36. The molecule has 1 amide bonds. The van der Waals surface area contributed by atoms with Crippen LogP contribution < -0.4 is 10.1 Å². The highest BCUT2D eigenvalue weighted by molar-refractivity contribution is 6.30. The lowest BCUT2D eigenvalue weighted by Gasteiger charge is -2.10. The van der Waals surface area contributed by atoms with Crippen molar-refractivity contribution in [2.24, 2.45) is 0 Å². The van der Waals surface area contributed by atoms with Crippen molar-refractivity contribution in [2.45, 2.75) is 19.4 Å². The Morgan fingerprint density at radius 1 is 1.26 bits per heavy atom. The molecule has 0 aliphatic carbocycles. The van der Waals surface area contributed by atoms with Crippen LogP contribution in [0.2, 0.25) is 5.02 Å². The number of aliphatic hydroxyl groups is 1. The van der Waals surface area contributed by atoms with E-state index in [1.807, 2.05) is 30.3 Å². The van der Waals surface area contributed by atoms with Gasteiger partial charge in [-0.3, -0.25) is 4.79 Å². The van der Waals surface area contributed by atoms with Crippen LogP contribution in [0.4, 0.5) is 0 Å². The third-order valence-corrected chi connectivity index (χ3v) is 3.61. The van der Waals surface area contributed by atoms with Gasteiger partial charge in [0.1, 0.15) is 5.75 Å². The first kappa shape index (κ1) is 17.3. The van der Waals surface area contributed by atoms with E-state index in [-0.39, 0.29) is 12.5 Å². The van der Waals surface area contributed by atoms with Crippen LogP contribution in [0.15, 0.2) is 48.5 Å². The summed E-state index contributed by atoms with van der Waals surface area (Å²) in [5, 5.41) is 13.0. The number of rotatable bonds is 7. The lowest BCUT2D eigenvalue weighted by atomic mass is 10.1. The minimum absolute atomic E-state index is 0.0517. The van der Waals surface area contributed by atoms with Crippen LogP contribution in [-0.2, 0) is 11.2 Å². The highest BCUT2D eigenvalue weighted by atomic mass is 35.5. The number of carbonyl (C=O) groups excluding carboxylic acids is 1. The molecule has 5 heteroatoms. The number of halogens is 1. The number of nitrogens with one attached hydrogen (secondary N) is 1. The molecule has 1 atom stereocenters. The van der Waals surface area contributed by atoms with Gasteiger partial charge >= 0.3 is 0 Å². The van der Waals surface area contributed by atoms with E-state index in [2.05, 4.69) is 5.32 Å². The lowest BCUT2D eigenvalue weighted by molar-refractivity contribution is -0.123. The lowest BCUT2D eigenvalue weighted by Crippen LogP contribution is -2.30. The molecular formula is C18H20ClNO3. The van der Waals surface area contributed by atoms with Crippen molar-refractivity contribution in [2.75, 3.05) is 13.2 Å². The maximum atomic E-state index is 11.8. The predicted octanol–water partition coefficient (Wildman–Crippen LogP) is 3.13. The molecule has 0 spiro atoms. The second-order valence-electron chi connectivity index (χ2n) is 5.26. The molecule has 122 valence electrons. The molecule has 0 saturated heterocycles. The number of carbonyl (C=O) groups is 1. The Kier molecular flexibility index (Phi) is 6.44. The summed E-state index contributed by atoms with van der Waals surface area (Å²) in [5.41, 5.74) is 1.87. The second kappa shape index (κ2) is 8.56. The van der Waals surface area contributed by atoms with E-state index in [0.717, 1.165) is 17.5 Å². The highest BCUT2D eigenvalue weighted by Gasteiger charge is 2.05. The number of hydrogen-bond donors (Lipinski definition) is 2. The van der Waals surface area contributed by atoms with Crippen LogP contribution >= 0.6 is 11.6 Å². The number of ether oxygens (including phenoxy) is 1. The molecule has 0 radical (unpaired) electrons. The quantitative estimate of drug-likeness (QED) is 0.818. The van der Waals surface area contributed by atoms with Gasteiger partial charge in [0.05, 0.1) is 6.10 Å². The van der Waals surface area contributed by atoms with E-state index in [4.69, 9.17) is 16.3 Å². The van der Waals surface area contributed by atoms with Gasteiger partial charge in [0, 0.05) is 11.6 Å². The summed E-state index contributed by atoms with van der Waals surface area (Å²) in [7, 11) is 0. The fourth-order valence-electron chi connectivity index (χ4n) is 2.06. The molecule has 2 aromatic carbocycles. The predicted molar refractivity (Wildman–Crippen MR) is 90.7 cm³/mol. The first-order valence-electron chi connectivity index (χ1n) is 7.46. The van der Waals surface area contributed by atoms with Gasteiger partial charge in [0.15, 0.2) is 6.61 Å². The van der Waals surface area contributed by atoms with E-state index in [1.165, 1.54) is 0 Å². The van der Waals surface area contributed by atoms with Gasteiger partial charge in [0.2, 0.25) is 0 Å². The summed E-state index contributed by atoms with van der Waals surface area (Å²) in [6.45, 7) is 2.17. The maximum Gasteiger partial charge on any atom is 0.257 e. The number of aliphatic hydroxyl groups excluding tert-OH is 1. The van der Waals surface area contributed by atoms with E-state index < -0.39 is 6.10 Å². The Balaban J connectivity index is 1.72. The molecule has 0 bridgehead atoms. The largest absolute Gasteiger partial charge is 0.484 e. The molecule has 2 N–H and O–H groups in total. The van der Waals surface area contributed by atoms with Crippen molar-refractivity contribution in [3.05, 3.63) is 64.7 Å². The van der Waals surface area contributed by atoms with Crippen LogP contribution in [0.3, 0.4) is 0 Å². The zero-order valence-electron chi connectivity index (χ0n) is 13.0. The first-order valence-corrected chi connectivity index (χ1v) is 7.84. The SMILES string of the molecule is CC(O)c1cccc(OCC(=O)NCCc2ccc(Cl)cc2)c1. The van der Waals surface area contributed by atoms with Gasteiger partial charge in [-0.25, -0.2) is 0 Å². The van der Waals surface area contributed by atoms with Crippen LogP contribution in [-0.4, -0.2) is 24.2 Å². The Morgan fingerprint density at radius 3 is 2.70 bits per heavy atom. The van der Waals surface area contributed by atoms with Gasteiger partial charge in [-0.1, -0.05) is 35.9 Å². The fourth-order valence-corrected chi connectivity index (χ4v) is 2.19. The van der Waals surface area contributed by atoms with E-state index >= 15 is 0 Å². The van der Waals surface area contributed by atoms with Crippen molar-refractivity contribution in [1.82, 2.24) is 5.32 Å². The Labute approximate surface area is 141 Å². The van der Waals surface area contributed by atoms with Gasteiger partial charge in [-0.15, -0.1) is 0 Å². The third kappa shape index (κ3) is 5.93. The van der Waals surface area contributed by atoms with E-state index in [0.29, 0.717) is 17.3 Å². The summed E-state index contributed by atoms with van der Waals surface area (Å²) >= 11 is 5.82. The summed E-state index contributed by atoms with van der Waals surface area (Å²) in [6.07, 6.45) is 0.173. The molecule has 0 aromatic heterocycles. The average molecular weight is 334 g/mol. The van der Waals surface area contributed by atoms with Crippen LogP contribution in [0.1, 0.15) is 24.2 Å². The zero-order valence-corrected chi connectivity index (χ0v) is 13.7. The molecule has 0 heterocycles. The number of benzene rings is 2. The van der Waals surface area contributed by atoms with Crippen LogP contribution in [0, 0.1) is 0 Å². The molecule has 0 aliphatic heterocycles. The standard InChI is InChI=1S/C18H20ClNO3/c1-13(21)15-3-2-4-17(11-15)23-12-18(22)20-10-9-14-5-7-16(19)8-6-14/h2-8,11,13,21H,9-10,12H2,1H3,(H,20,22). The van der Waals surface area contributed by atoms with Gasteiger partial charge in [-0.2, -0.15) is 0 Å². The minimum Gasteiger partial charge on any atom is -0.484 e. The Bertz CT molecular complexity index is 641. The summed E-state index contributed by atoms with van der Waals surface area (Å²) in [4.78, 5) is 11.8. The molecular weight excluding hydrogens is 314 g/mol. The molecule has 4 nitrogen and oxygen atoms in total. The summed E-state index contributed by atoms with van der Waals surface area (Å²) in [6, 6.07) is 14.6. The van der Waals surface area contributed by atoms with Gasteiger partial charge in [0.25, 0.3) is 5.91 Å². The van der Waals surface area contributed by atoms with Gasteiger partial charge in [-0.05, 0) is 48.7 Å². The monoisotopic (exact) mass is 333 g/mol. The fraction of sp³-hybridized carbons (Fsp3) is 0.278. The molecule has 2 aromatic rings. The van der Waals surface area contributed by atoms with Crippen molar-refractivity contribution < 1.29 is 14.6 Å². The number of hydrogen-bond acceptors (Lipinski definition) is 3. The second-order valence-corrected chi connectivity index (χ2v) is 5.70. The summed E-state index contributed by atoms with van der Waals surface area (Å²) in [5.74, 6) is 0.387. The molecule has 2 rings (SSSR count). The smallest absolute Gasteiger partial charge is 0.257 e. The van der Waals surface area contributed by atoms with Crippen molar-refractivity contribution in [1.29, 1.82) is 0 Å². The molecule has 0 saturated carbocycles. The molecule has 23 heavy (non-hydrogen) atoms. The molecule has 1 unspecified atom stereocenters. The van der Waals surface area contributed by atoms with Crippen molar-refractivity contribution in [3.8, 4) is 5.75 Å². The molecule has 0 fully saturated rings. The van der Waals surface area contributed by atoms with E-state index in [1.54, 1.807) is 25.1 Å². The zero-order chi connectivity index (χ0) is 16.7. The topological polar surface area (TPSA) is 58.6 Å².